The van der Waals surface area contributed by atoms with Gasteiger partial charge in [-0.25, -0.2) is 4.79 Å². The molecule has 43 heavy (non-hydrogen) atoms. The van der Waals surface area contributed by atoms with Gasteiger partial charge in [-0.15, -0.1) is 0 Å². The highest BCUT2D eigenvalue weighted by Crippen LogP contribution is 2.29. The summed E-state index contributed by atoms with van der Waals surface area (Å²) in [4.78, 5) is 25.3. The van der Waals surface area contributed by atoms with Gasteiger partial charge in [0.15, 0.2) is 5.78 Å². The number of nitrogens with one attached hydrogen (secondary N) is 2. The summed E-state index contributed by atoms with van der Waals surface area (Å²) in [5.41, 5.74) is 4.91. The van der Waals surface area contributed by atoms with Crippen LogP contribution in [0.15, 0.2) is 103 Å². The Bertz CT molecular complexity index is 1480. The second kappa shape index (κ2) is 15.1. The maximum absolute atomic E-state index is 13.1. The molecule has 1 saturated carbocycles. The molecule has 4 aromatic rings. The zero-order chi connectivity index (χ0) is 29.9. The van der Waals surface area contributed by atoms with Crippen LogP contribution in [0.2, 0.25) is 0 Å². The molecule has 0 spiro atoms. The molecule has 0 radical (unpaired) electrons. The smallest absolute Gasteiger partial charge is 0.326 e. The predicted octanol–water partition coefficient (Wildman–Crippen LogP) is 7.64. The number of carbonyl (C=O) groups excluding carboxylic acids is 1. The largest absolute Gasteiger partial charge is 0.492 e. The molecule has 3 N–H and O–H groups in total. The van der Waals surface area contributed by atoms with Crippen molar-refractivity contribution in [1.29, 1.82) is 0 Å². The van der Waals surface area contributed by atoms with E-state index in [0.29, 0.717) is 30.0 Å². The summed E-state index contributed by atoms with van der Waals surface area (Å²) in [7, 11) is 0. The third kappa shape index (κ3) is 8.48. The van der Waals surface area contributed by atoms with Gasteiger partial charge in [0.25, 0.3) is 0 Å². The fraction of sp³-hybridized carbons (Fsp3) is 0.297. The Labute approximate surface area is 254 Å². The molecule has 0 saturated heterocycles. The number of hydrogen-bond donors (Lipinski definition) is 3. The minimum Gasteiger partial charge on any atom is -0.492 e. The number of ketones is 1. The van der Waals surface area contributed by atoms with Gasteiger partial charge in [-0.2, -0.15) is 0 Å². The molecule has 1 aliphatic rings. The molecular formula is C37H40N2O4. The van der Waals surface area contributed by atoms with Gasteiger partial charge < -0.3 is 20.5 Å². The molecule has 1 unspecified atom stereocenters. The molecule has 0 aliphatic heterocycles. The average Bonchev–Trinajstić information content (AvgIpc) is 3.05. The Morgan fingerprint density at radius 3 is 2.21 bits per heavy atom. The highest BCUT2D eigenvalue weighted by Gasteiger charge is 2.21. The molecule has 0 heterocycles. The molecule has 6 heteroatoms. The monoisotopic (exact) mass is 576 g/mol. The molecular weight excluding hydrogens is 536 g/mol. The summed E-state index contributed by atoms with van der Waals surface area (Å²) in [6, 6.07) is 31.2. The molecule has 5 rings (SSSR count). The van der Waals surface area contributed by atoms with Crippen LogP contribution in [0.3, 0.4) is 0 Å². The predicted molar refractivity (Wildman–Crippen MR) is 172 cm³/mol. The highest BCUT2D eigenvalue weighted by molar-refractivity contribution is 6.12. The van der Waals surface area contributed by atoms with E-state index in [1.165, 1.54) is 43.4 Å². The Hall–Kier alpha value is -4.58. The van der Waals surface area contributed by atoms with Crippen LogP contribution in [0, 0.1) is 5.92 Å². The van der Waals surface area contributed by atoms with Gasteiger partial charge in [-0.3, -0.25) is 4.79 Å². The second-order valence-corrected chi connectivity index (χ2v) is 11.3. The second-order valence-electron chi connectivity index (χ2n) is 11.3. The topological polar surface area (TPSA) is 87.7 Å². The van der Waals surface area contributed by atoms with Crippen molar-refractivity contribution in [2.24, 2.45) is 5.92 Å². The van der Waals surface area contributed by atoms with Gasteiger partial charge in [0.2, 0.25) is 0 Å². The third-order valence-corrected chi connectivity index (χ3v) is 8.14. The van der Waals surface area contributed by atoms with Crippen LogP contribution in [0.4, 0.5) is 11.4 Å². The van der Waals surface area contributed by atoms with E-state index < -0.39 is 12.0 Å². The van der Waals surface area contributed by atoms with Crippen LogP contribution in [-0.4, -0.2) is 36.1 Å². The quantitative estimate of drug-likeness (QED) is 0.106. The fourth-order valence-electron chi connectivity index (χ4n) is 5.82. The van der Waals surface area contributed by atoms with E-state index in [-0.39, 0.29) is 12.2 Å². The highest BCUT2D eigenvalue weighted by atomic mass is 16.5. The van der Waals surface area contributed by atoms with Crippen molar-refractivity contribution in [2.45, 2.75) is 51.0 Å². The number of carboxylic acid groups (broad SMARTS) is 1. The van der Waals surface area contributed by atoms with Gasteiger partial charge in [0.1, 0.15) is 18.4 Å². The van der Waals surface area contributed by atoms with Crippen LogP contribution in [0.1, 0.15) is 59.2 Å². The average molecular weight is 577 g/mol. The van der Waals surface area contributed by atoms with E-state index in [1.54, 1.807) is 36.4 Å². The first-order chi connectivity index (χ1) is 21.1. The lowest BCUT2D eigenvalue weighted by Gasteiger charge is -2.23. The Balaban J connectivity index is 1.14. The van der Waals surface area contributed by atoms with Crippen molar-refractivity contribution in [1.82, 2.24) is 0 Å². The van der Waals surface area contributed by atoms with Crippen molar-refractivity contribution in [3.63, 3.8) is 0 Å². The van der Waals surface area contributed by atoms with E-state index in [0.717, 1.165) is 23.7 Å². The fourth-order valence-corrected chi connectivity index (χ4v) is 5.82. The number of rotatable bonds is 14. The van der Waals surface area contributed by atoms with Crippen LogP contribution in [-0.2, 0) is 17.6 Å². The number of ether oxygens (including phenoxy) is 1. The van der Waals surface area contributed by atoms with Crippen molar-refractivity contribution >= 4 is 23.1 Å². The first kappa shape index (κ1) is 29.9. The lowest BCUT2D eigenvalue weighted by molar-refractivity contribution is -0.137. The molecule has 1 aliphatic carbocycles. The van der Waals surface area contributed by atoms with Crippen molar-refractivity contribution in [3.8, 4) is 5.75 Å². The zero-order valence-corrected chi connectivity index (χ0v) is 24.5. The Kier molecular flexibility index (Phi) is 10.5. The molecule has 1 fully saturated rings. The molecule has 0 amide bonds. The zero-order valence-electron chi connectivity index (χ0n) is 24.5. The van der Waals surface area contributed by atoms with Gasteiger partial charge in [0.05, 0.1) is 0 Å². The van der Waals surface area contributed by atoms with E-state index in [2.05, 4.69) is 34.9 Å². The van der Waals surface area contributed by atoms with E-state index in [4.69, 9.17) is 4.74 Å². The number of carboxylic acids is 1. The van der Waals surface area contributed by atoms with Crippen LogP contribution in [0.5, 0.6) is 5.75 Å². The number of carbonyl (C=O) groups is 2. The minimum atomic E-state index is -0.989. The van der Waals surface area contributed by atoms with Gasteiger partial charge in [0, 0.05) is 35.5 Å². The maximum atomic E-state index is 13.1. The first-order valence-corrected chi connectivity index (χ1v) is 15.3. The third-order valence-electron chi connectivity index (χ3n) is 8.14. The van der Waals surface area contributed by atoms with E-state index >= 15 is 0 Å². The molecule has 4 aromatic carbocycles. The van der Waals surface area contributed by atoms with Crippen molar-refractivity contribution in [2.75, 3.05) is 23.8 Å². The minimum absolute atomic E-state index is 0.156. The molecule has 0 aromatic heterocycles. The van der Waals surface area contributed by atoms with E-state index in [1.807, 2.05) is 42.5 Å². The van der Waals surface area contributed by atoms with Crippen LogP contribution in [0.25, 0.3) is 0 Å². The van der Waals surface area contributed by atoms with Gasteiger partial charge >= 0.3 is 5.97 Å². The number of aliphatic carboxylic acids is 1. The lowest BCUT2D eigenvalue weighted by Crippen LogP contribution is -2.32. The normalized spacial score (nSPS) is 14.0. The molecule has 1 atom stereocenters. The summed E-state index contributed by atoms with van der Waals surface area (Å²) in [5.74, 6) is 0.377. The SMILES string of the molecule is O=C(c1ccccc1)c1ccccc1NC(Cc1ccc(OCCNc2ccccc2CC2CCCCC2)cc1)C(=O)O. The Morgan fingerprint density at radius 2 is 1.47 bits per heavy atom. The van der Waals surface area contributed by atoms with Gasteiger partial charge in [-0.1, -0.05) is 105 Å². The standard InChI is InChI=1S/C37H40N2O4/c40-36(29-13-5-2-6-14-29)32-16-8-10-18-34(32)39-35(37(41)42)26-28-19-21-31(22-20-28)43-24-23-38-33-17-9-7-15-30(33)25-27-11-3-1-4-12-27/h2,5-10,13-22,27,35,38-39H,1,3-4,11-12,23-26H2,(H,41,42). The molecule has 222 valence electrons. The first-order valence-electron chi connectivity index (χ1n) is 15.3. The Morgan fingerprint density at radius 1 is 0.791 bits per heavy atom. The number of para-hydroxylation sites is 2. The van der Waals surface area contributed by atoms with Crippen LogP contribution >= 0.6 is 0 Å². The number of benzene rings is 4. The summed E-state index contributed by atoms with van der Waals surface area (Å²) in [6.07, 6.45) is 8.12. The van der Waals surface area contributed by atoms with Crippen molar-refractivity contribution < 1.29 is 19.4 Å². The summed E-state index contributed by atoms with van der Waals surface area (Å²) >= 11 is 0. The lowest BCUT2D eigenvalue weighted by atomic mass is 9.84. The summed E-state index contributed by atoms with van der Waals surface area (Å²) in [5, 5.41) is 16.6. The van der Waals surface area contributed by atoms with E-state index in [9.17, 15) is 14.7 Å². The summed E-state index contributed by atoms with van der Waals surface area (Å²) < 4.78 is 5.97. The number of hydrogen-bond acceptors (Lipinski definition) is 5. The molecule has 0 bridgehead atoms. The maximum Gasteiger partial charge on any atom is 0.326 e. The van der Waals surface area contributed by atoms with Crippen LogP contribution < -0.4 is 15.4 Å². The van der Waals surface area contributed by atoms with Crippen molar-refractivity contribution in [3.05, 3.63) is 125 Å². The van der Waals surface area contributed by atoms with Gasteiger partial charge in [-0.05, 0) is 53.8 Å². The summed E-state index contributed by atoms with van der Waals surface area (Å²) in [6.45, 7) is 1.21. The molecule has 6 nitrogen and oxygen atoms in total. The number of anilines is 2.